The number of hydrogen-bond acceptors (Lipinski definition) is 8. The number of nitriles is 1. The summed E-state index contributed by atoms with van der Waals surface area (Å²) in [6.45, 7) is 1.83. The molecule has 9 nitrogen and oxygen atoms in total. The Kier molecular flexibility index (Phi) is 5.54. The van der Waals surface area contributed by atoms with E-state index >= 15 is 0 Å². The lowest BCUT2D eigenvalue weighted by molar-refractivity contribution is -0.121. The molecule has 1 unspecified atom stereocenters. The molecular weight excluding hydrogens is 402 g/mol. The van der Waals surface area contributed by atoms with Gasteiger partial charge in [-0.05, 0) is 24.1 Å². The van der Waals surface area contributed by atoms with Crippen molar-refractivity contribution in [2.45, 2.75) is 32.2 Å². The molecule has 0 aliphatic heterocycles. The van der Waals surface area contributed by atoms with Gasteiger partial charge >= 0.3 is 0 Å². The number of thiazole rings is 1. The van der Waals surface area contributed by atoms with Crippen molar-refractivity contribution in [1.29, 1.82) is 5.26 Å². The summed E-state index contributed by atoms with van der Waals surface area (Å²) >= 11 is 1.56. The van der Waals surface area contributed by atoms with Crippen molar-refractivity contribution >= 4 is 27.5 Å². The minimum Gasteiger partial charge on any atom is -0.424 e. The number of nitrogens with one attached hydrogen (secondary N) is 1. The van der Waals surface area contributed by atoms with Crippen LogP contribution in [0.25, 0.3) is 21.3 Å². The maximum absolute atomic E-state index is 12.0. The Morgan fingerprint density at radius 1 is 1.33 bits per heavy atom. The minimum absolute atomic E-state index is 0.0561. The van der Waals surface area contributed by atoms with E-state index in [-0.39, 0.29) is 18.2 Å². The molecule has 1 amide bonds. The van der Waals surface area contributed by atoms with Crippen molar-refractivity contribution in [3.8, 4) is 17.2 Å². The van der Waals surface area contributed by atoms with E-state index in [4.69, 9.17) is 9.68 Å². The van der Waals surface area contributed by atoms with Gasteiger partial charge < -0.3 is 9.73 Å². The number of hydrogen-bond donors (Lipinski definition) is 1. The summed E-state index contributed by atoms with van der Waals surface area (Å²) < 4.78 is 8.42. The molecule has 0 aliphatic rings. The molecule has 0 bridgehead atoms. The third kappa shape index (κ3) is 4.36. The van der Waals surface area contributed by atoms with Crippen molar-refractivity contribution in [3.63, 3.8) is 0 Å². The highest BCUT2D eigenvalue weighted by atomic mass is 32.1. The smallest absolute Gasteiger partial charge is 0.230 e. The SMILES string of the molecule is CCC(C#N)NC(=O)Cc1nnc(Cc2nc3ccc(-c4cnn(C)c4)cc3s2)o1. The van der Waals surface area contributed by atoms with Crippen molar-refractivity contribution < 1.29 is 9.21 Å². The Hall–Kier alpha value is -3.58. The van der Waals surface area contributed by atoms with Crippen LogP contribution in [0.2, 0.25) is 0 Å². The molecule has 30 heavy (non-hydrogen) atoms. The van der Waals surface area contributed by atoms with Crippen molar-refractivity contribution in [2.24, 2.45) is 7.05 Å². The Morgan fingerprint density at radius 2 is 2.17 bits per heavy atom. The summed E-state index contributed by atoms with van der Waals surface area (Å²) in [5, 5.41) is 24.6. The third-order valence-electron chi connectivity index (χ3n) is 4.49. The highest BCUT2D eigenvalue weighted by Crippen LogP contribution is 2.29. The lowest BCUT2D eigenvalue weighted by atomic mass is 10.1. The normalized spacial score (nSPS) is 12.0. The van der Waals surface area contributed by atoms with E-state index in [0.29, 0.717) is 18.7 Å². The van der Waals surface area contributed by atoms with E-state index in [2.05, 4.69) is 31.7 Å². The fourth-order valence-corrected chi connectivity index (χ4v) is 3.96. The van der Waals surface area contributed by atoms with Gasteiger partial charge in [-0.3, -0.25) is 9.48 Å². The summed E-state index contributed by atoms with van der Waals surface area (Å²) in [7, 11) is 1.89. The van der Waals surface area contributed by atoms with Crippen LogP contribution in [0.15, 0.2) is 35.0 Å². The van der Waals surface area contributed by atoms with Crippen molar-refractivity contribution in [3.05, 3.63) is 47.4 Å². The topological polar surface area (TPSA) is 123 Å². The quantitative estimate of drug-likeness (QED) is 0.486. The van der Waals surface area contributed by atoms with Crippen LogP contribution in [0.1, 0.15) is 30.1 Å². The Morgan fingerprint density at radius 3 is 2.90 bits per heavy atom. The van der Waals surface area contributed by atoms with Crippen LogP contribution in [0.4, 0.5) is 0 Å². The average Bonchev–Trinajstić information content (AvgIpc) is 3.45. The number of aromatic nitrogens is 5. The molecule has 3 aromatic heterocycles. The van der Waals surface area contributed by atoms with E-state index in [1.165, 1.54) is 0 Å². The number of carbonyl (C=O) groups excluding carboxylic acids is 1. The molecule has 4 rings (SSSR count). The molecule has 152 valence electrons. The van der Waals surface area contributed by atoms with Crippen LogP contribution in [-0.4, -0.2) is 36.9 Å². The average molecular weight is 421 g/mol. The molecule has 1 aromatic carbocycles. The van der Waals surface area contributed by atoms with Gasteiger partial charge in [-0.15, -0.1) is 21.5 Å². The number of carbonyl (C=O) groups is 1. The fraction of sp³-hybridized carbons (Fsp3) is 0.300. The van der Waals surface area contributed by atoms with Crippen LogP contribution >= 0.6 is 11.3 Å². The van der Waals surface area contributed by atoms with Crippen LogP contribution < -0.4 is 5.32 Å². The van der Waals surface area contributed by atoms with E-state index < -0.39 is 6.04 Å². The van der Waals surface area contributed by atoms with E-state index in [9.17, 15) is 4.79 Å². The summed E-state index contributed by atoms with van der Waals surface area (Å²) in [5.74, 6) is 0.299. The number of rotatable bonds is 7. The molecule has 1 N–H and O–H groups in total. The second kappa shape index (κ2) is 8.42. The first-order chi connectivity index (χ1) is 14.5. The highest BCUT2D eigenvalue weighted by Gasteiger charge is 2.16. The largest absolute Gasteiger partial charge is 0.424 e. The molecule has 4 aromatic rings. The third-order valence-corrected chi connectivity index (χ3v) is 5.51. The maximum Gasteiger partial charge on any atom is 0.230 e. The molecule has 0 saturated heterocycles. The number of nitrogens with zero attached hydrogens (tertiary/aromatic N) is 6. The molecule has 0 saturated carbocycles. The lowest BCUT2D eigenvalue weighted by Gasteiger charge is -2.06. The molecule has 0 fully saturated rings. The molecule has 0 aliphatic carbocycles. The van der Waals surface area contributed by atoms with Crippen molar-refractivity contribution in [1.82, 2.24) is 30.3 Å². The van der Waals surface area contributed by atoms with E-state index in [1.807, 2.05) is 44.6 Å². The highest BCUT2D eigenvalue weighted by molar-refractivity contribution is 7.18. The van der Waals surface area contributed by atoms with Gasteiger partial charge in [0.1, 0.15) is 17.5 Å². The standard InChI is InChI=1S/C20H19N7O2S/c1-3-14(9-21)23-17(28)7-18-25-26-19(29-18)8-20-24-15-5-4-12(6-16(15)30-20)13-10-22-27(2)11-13/h4-6,10-11,14H,3,7-8H2,1-2H3,(H,23,28). The zero-order valence-corrected chi connectivity index (χ0v) is 17.3. The van der Waals surface area contributed by atoms with Gasteiger partial charge in [0.05, 0.1) is 28.9 Å². The zero-order valence-electron chi connectivity index (χ0n) is 16.5. The predicted molar refractivity (Wildman–Crippen MR) is 110 cm³/mol. The van der Waals surface area contributed by atoms with Gasteiger partial charge in [-0.2, -0.15) is 10.4 Å². The van der Waals surface area contributed by atoms with Gasteiger partial charge in [-0.25, -0.2) is 4.98 Å². The summed E-state index contributed by atoms with van der Waals surface area (Å²) in [5.41, 5.74) is 3.04. The van der Waals surface area contributed by atoms with Gasteiger partial charge in [0.15, 0.2) is 0 Å². The van der Waals surface area contributed by atoms with E-state index in [0.717, 1.165) is 26.4 Å². The predicted octanol–water partition coefficient (Wildman–Crippen LogP) is 2.63. The second-order valence-corrected chi connectivity index (χ2v) is 7.91. The molecule has 0 radical (unpaired) electrons. The second-order valence-electron chi connectivity index (χ2n) is 6.79. The first kappa shape index (κ1) is 19.7. The van der Waals surface area contributed by atoms with Gasteiger partial charge in [0.2, 0.25) is 17.7 Å². The molecular formula is C20H19N7O2S. The van der Waals surface area contributed by atoms with Gasteiger partial charge in [0.25, 0.3) is 0 Å². The number of aryl methyl sites for hydroxylation is 1. The first-order valence-corrected chi connectivity index (χ1v) is 10.2. The number of benzene rings is 1. The zero-order chi connectivity index (χ0) is 21.1. The summed E-state index contributed by atoms with van der Waals surface area (Å²) in [6.07, 6.45) is 4.68. The minimum atomic E-state index is -0.515. The Labute approximate surface area is 176 Å². The van der Waals surface area contributed by atoms with Crippen molar-refractivity contribution in [2.75, 3.05) is 0 Å². The summed E-state index contributed by atoms with van der Waals surface area (Å²) in [4.78, 5) is 16.6. The Balaban J connectivity index is 1.44. The van der Waals surface area contributed by atoms with E-state index in [1.54, 1.807) is 16.0 Å². The maximum atomic E-state index is 12.0. The fourth-order valence-electron chi connectivity index (χ4n) is 2.97. The van der Waals surface area contributed by atoms with Crippen LogP contribution in [0.5, 0.6) is 0 Å². The van der Waals surface area contributed by atoms with Crippen LogP contribution in [0, 0.1) is 11.3 Å². The molecule has 10 heteroatoms. The lowest BCUT2D eigenvalue weighted by Crippen LogP contribution is -2.34. The Bertz CT molecular complexity index is 1230. The number of fused-ring (bicyclic) bond motifs is 1. The molecule has 0 spiro atoms. The molecule has 3 heterocycles. The van der Waals surface area contributed by atoms with Crippen LogP contribution in [0.3, 0.4) is 0 Å². The van der Waals surface area contributed by atoms with Crippen LogP contribution in [-0.2, 0) is 24.7 Å². The van der Waals surface area contributed by atoms with Gasteiger partial charge in [-0.1, -0.05) is 13.0 Å². The first-order valence-electron chi connectivity index (χ1n) is 9.42. The summed E-state index contributed by atoms with van der Waals surface area (Å²) in [6, 6.07) is 7.61. The number of amides is 1. The molecule has 1 atom stereocenters. The van der Waals surface area contributed by atoms with Gasteiger partial charge in [0, 0.05) is 18.8 Å². The monoisotopic (exact) mass is 421 g/mol.